The molecular formula is C11H9N3O2. The SMILES string of the molecule is O=C(O)N(c1ccccc1)c1ccnnc1. The molecule has 0 aliphatic carbocycles. The van der Waals surface area contributed by atoms with Crippen LogP contribution in [0, 0.1) is 0 Å². The summed E-state index contributed by atoms with van der Waals surface area (Å²) < 4.78 is 0. The Morgan fingerprint density at radius 1 is 1.06 bits per heavy atom. The van der Waals surface area contributed by atoms with Gasteiger partial charge in [0.25, 0.3) is 0 Å². The van der Waals surface area contributed by atoms with E-state index in [0.29, 0.717) is 11.4 Å². The Bertz CT molecular complexity index is 434. The van der Waals surface area contributed by atoms with Crippen LogP contribution in [0.5, 0.6) is 0 Å². The van der Waals surface area contributed by atoms with Crippen molar-refractivity contribution in [3.05, 3.63) is 48.8 Å². The number of carboxylic acid groups (broad SMARTS) is 1. The molecule has 1 aromatic heterocycles. The monoisotopic (exact) mass is 215 g/mol. The molecule has 0 atom stereocenters. The van der Waals surface area contributed by atoms with Gasteiger partial charge in [-0.05, 0) is 18.2 Å². The van der Waals surface area contributed by atoms with Gasteiger partial charge in [-0.1, -0.05) is 18.2 Å². The van der Waals surface area contributed by atoms with Gasteiger partial charge in [-0.2, -0.15) is 10.2 Å². The summed E-state index contributed by atoms with van der Waals surface area (Å²) in [5.41, 5.74) is 1.04. The predicted octanol–water partition coefficient (Wildman–Crippen LogP) is 2.29. The van der Waals surface area contributed by atoms with E-state index >= 15 is 0 Å². The van der Waals surface area contributed by atoms with Gasteiger partial charge < -0.3 is 5.11 Å². The van der Waals surface area contributed by atoms with Crippen LogP contribution >= 0.6 is 0 Å². The summed E-state index contributed by atoms with van der Waals surface area (Å²) in [7, 11) is 0. The van der Waals surface area contributed by atoms with E-state index in [1.165, 1.54) is 12.4 Å². The van der Waals surface area contributed by atoms with Crippen LogP contribution in [-0.4, -0.2) is 21.4 Å². The molecule has 2 aromatic rings. The number of carbonyl (C=O) groups is 1. The number of rotatable bonds is 2. The Balaban J connectivity index is 2.44. The van der Waals surface area contributed by atoms with E-state index in [0.717, 1.165) is 4.90 Å². The molecule has 1 amide bonds. The quantitative estimate of drug-likeness (QED) is 0.834. The van der Waals surface area contributed by atoms with Gasteiger partial charge in [0.1, 0.15) is 0 Å². The standard InChI is InChI=1S/C11H9N3O2/c15-11(16)14(9-4-2-1-3-5-9)10-6-7-12-13-8-10/h1-8H,(H,15,16). The van der Waals surface area contributed by atoms with Crippen LogP contribution in [0.3, 0.4) is 0 Å². The molecule has 0 saturated heterocycles. The number of nitrogens with zero attached hydrogens (tertiary/aromatic N) is 3. The topological polar surface area (TPSA) is 66.3 Å². The molecular weight excluding hydrogens is 206 g/mol. The first-order valence-corrected chi connectivity index (χ1v) is 4.64. The minimum absolute atomic E-state index is 0.466. The van der Waals surface area contributed by atoms with Gasteiger partial charge in [-0.15, -0.1) is 0 Å². The fourth-order valence-electron chi connectivity index (χ4n) is 1.36. The molecule has 0 saturated carbocycles. The second-order valence-corrected chi connectivity index (χ2v) is 3.05. The Morgan fingerprint density at radius 3 is 2.38 bits per heavy atom. The summed E-state index contributed by atoms with van der Waals surface area (Å²) >= 11 is 0. The first kappa shape index (κ1) is 10.1. The molecule has 0 spiro atoms. The number of amides is 1. The minimum Gasteiger partial charge on any atom is -0.464 e. The average Bonchev–Trinajstić information content (AvgIpc) is 2.31. The van der Waals surface area contributed by atoms with E-state index in [-0.39, 0.29) is 0 Å². The van der Waals surface area contributed by atoms with Gasteiger partial charge in [0.05, 0.1) is 23.8 Å². The van der Waals surface area contributed by atoms with Crippen LogP contribution in [-0.2, 0) is 0 Å². The van der Waals surface area contributed by atoms with Crippen LogP contribution in [0.15, 0.2) is 48.8 Å². The Labute approximate surface area is 92.0 Å². The molecule has 1 aromatic carbocycles. The van der Waals surface area contributed by atoms with Crippen molar-refractivity contribution < 1.29 is 9.90 Å². The zero-order valence-corrected chi connectivity index (χ0v) is 8.32. The fourth-order valence-corrected chi connectivity index (χ4v) is 1.36. The van der Waals surface area contributed by atoms with Crippen molar-refractivity contribution in [3.8, 4) is 0 Å². The van der Waals surface area contributed by atoms with E-state index in [4.69, 9.17) is 5.11 Å². The third-order valence-electron chi connectivity index (χ3n) is 2.03. The van der Waals surface area contributed by atoms with Gasteiger partial charge in [0, 0.05) is 0 Å². The number of hydrogen-bond donors (Lipinski definition) is 1. The second-order valence-electron chi connectivity index (χ2n) is 3.05. The van der Waals surface area contributed by atoms with Gasteiger partial charge in [0.15, 0.2) is 0 Å². The number of anilines is 2. The van der Waals surface area contributed by atoms with E-state index in [1.807, 2.05) is 6.07 Å². The Morgan fingerprint density at radius 2 is 1.81 bits per heavy atom. The lowest BCUT2D eigenvalue weighted by atomic mass is 10.3. The molecule has 0 aliphatic heterocycles. The second kappa shape index (κ2) is 4.39. The number of benzene rings is 1. The molecule has 0 aliphatic rings. The first-order valence-electron chi connectivity index (χ1n) is 4.64. The van der Waals surface area contributed by atoms with Gasteiger partial charge in [0.2, 0.25) is 0 Å². The van der Waals surface area contributed by atoms with Gasteiger partial charge in [-0.3, -0.25) is 0 Å². The van der Waals surface area contributed by atoms with Crippen molar-refractivity contribution in [1.29, 1.82) is 0 Å². The number of para-hydroxylation sites is 1. The summed E-state index contributed by atoms with van der Waals surface area (Å²) in [5, 5.41) is 16.4. The van der Waals surface area contributed by atoms with Gasteiger partial charge >= 0.3 is 6.09 Å². The van der Waals surface area contributed by atoms with Crippen molar-refractivity contribution in [2.75, 3.05) is 4.90 Å². The normalized spacial score (nSPS) is 9.75. The zero-order valence-electron chi connectivity index (χ0n) is 8.32. The van der Waals surface area contributed by atoms with Crippen LogP contribution in [0.25, 0.3) is 0 Å². The van der Waals surface area contributed by atoms with E-state index in [9.17, 15) is 4.79 Å². The highest BCUT2D eigenvalue weighted by atomic mass is 16.4. The molecule has 80 valence electrons. The summed E-state index contributed by atoms with van der Waals surface area (Å²) in [4.78, 5) is 12.3. The smallest absolute Gasteiger partial charge is 0.416 e. The lowest BCUT2D eigenvalue weighted by Crippen LogP contribution is -2.23. The molecule has 0 bridgehead atoms. The van der Waals surface area contributed by atoms with Gasteiger partial charge in [-0.25, -0.2) is 9.69 Å². The Kier molecular flexibility index (Phi) is 2.77. The third kappa shape index (κ3) is 1.98. The summed E-state index contributed by atoms with van der Waals surface area (Å²) in [6.07, 6.45) is 1.80. The minimum atomic E-state index is -1.06. The maximum Gasteiger partial charge on any atom is 0.416 e. The molecule has 1 N–H and O–H groups in total. The molecule has 1 heterocycles. The largest absolute Gasteiger partial charge is 0.464 e. The van der Waals surface area contributed by atoms with E-state index in [1.54, 1.807) is 30.3 Å². The van der Waals surface area contributed by atoms with Crippen LogP contribution in [0.2, 0.25) is 0 Å². The average molecular weight is 215 g/mol. The highest BCUT2D eigenvalue weighted by Crippen LogP contribution is 2.23. The molecule has 0 unspecified atom stereocenters. The van der Waals surface area contributed by atoms with Crippen molar-refractivity contribution in [3.63, 3.8) is 0 Å². The highest BCUT2D eigenvalue weighted by Gasteiger charge is 2.16. The van der Waals surface area contributed by atoms with Crippen LogP contribution < -0.4 is 4.90 Å². The van der Waals surface area contributed by atoms with Crippen LogP contribution in [0.4, 0.5) is 16.2 Å². The van der Waals surface area contributed by atoms with Crippen molar-refractivity contribution in [2.24, 2.45) is 0 Å². The van der Waals surface area contributed by atoms with E-state index in [2.05, 4.69) is 10.2 Å². The summed E-state index contributed by atoms with van der Waals surface area (Å²) in [5.74, 6) is 0. The Hall–Kier alpha value is -2.43. The lowest BCUT2D eigenvalue weighted by Gasteiger charge is -2.18. The molecule has 5 nitrogen and oxygen atoms in total. The predicted molar refractivity (Wildman–Crippen MR) is 58.6 cm³/mol. The lowest BCUT2D eigenvalue weighted by molar-refractivity contribution is 0.205. The number of aromatic nitrogens is 2. The highest BCUT2D eigenvalue weighted by molar-refractivity contribution is 5.94. The summed E-state index contributed by atoms with van der Waals surface area (Å²) in [6, 6.07) is 10.4. The van der Waals surface area contributed by atoms with Crippen molar-refractivity contribution in [2.45, 2.75) is 0 Å². The maximum atomic E-state index is 11.2. The molecule has 5 heteroatoms. The molecule has 0 fully saturated rings. The first-order chi connectivity index (χ1) is 7.79. The molecule has 16 heavy (non-hydrogen) atoms. The zero-order chi connectivity index (χ0) is 11.4. The molecule has 2 rings (SSSR count). The van der Waals surface area contributed by atoms with Crippen molar-refractivity contribution >= 4 is 17.5 Å². The summed E-state index contributed by atoms with van der Waals surface area (Å²) in [6.45, 7) is 0. The maximum absolute atomic E-state index is 11.2. The van der Waals surface area contributed by atoms with Crippen molar-refractivity contribution in [1.82, 2.24) is 10.2 Å². The van der Waals surface area contributed by atoms with Crippen LogP contribution in [0.1, 0.15) is 0 Å². The molecule has 0 radical (unpaired) electrons. The fraction of sp³-hybridized carbons (Fsp3) is 0. The van der Waals surface area contributed by atoms with E-state index < -0.39 is 6.09 Å². The third-order valence-corrected chi connectivity index (χ3v) is 2.03. The number of hydrogen-bond acceptors (Lipinski definition) is 3.